The zero-order valence-corrected chi connectivity index (χ0v) is 19.5. The minimum Gasteiger partial charge on any atom is -0.317 e. The molecule has 0 aliphatic carbocycles. The first-order valence-electron chi connectivity index (χ1n) is 10.6. The van der Waals surface area contributed by atoms with Gasteiger partial charge in [-0.15, -0.1) is 0 Å². The van der Waals surface area contributed by atoms with E-state index in [1.807, 2.05) is 23.8 Å². The van der Waals surface area contributed by atoms with Crippen molar-refractivity contribution in [2.45, 2.75) is 28.0 Å². The van der Waals surface area contributed by atoms with Crippen LogP contribution >= 0.6 is 23.4 Å². The van der Waals surface area contributed by atoms with Gasteiger partial charge in [0.2, 0.25) is 0 Å². The van der Waals surface area contributed by atoms with E-state index in [9.17, 15) is 9.18 Å². The number of hydrogen-bond donors (Lipinski definition) is 1. The van der Waals surface area contributed by atoms with Crippen molar-refractivity contribution >= 4 is 41.7 Å². The number of piperidine rings is 1. The van der Waals surface area contributed by atoms with E-state index in [-0.39, 0.29) is 17.1 Å². The molecule has 1 saturated heterocycles. The van der Waals surface area contributed by atoms with Gasteiger partial charge in [-0.2, -0.15) is 0 Å². The number of halogens is 2. The smallest absolute Gasteiger partial charge is 0.258 e. The average Bonchev–Trinajstić information content (AvgIpc) is 3.15. The van der Waals surface area contributed by atoms with Gasteiger partial charge in [0, 0.05) is 39.2 Å². The maximum Gasteiger partial charge on any atom is 0.258 e. The Labute approximate surface area is 201 Å². The topological polar surface area (TPSA) is 62.3 Å². The molecule has 0 saturated carbocycles. The van der Waals surface area contributed by atoms with E-state index in [4.69, 9.17) is 16.4 Å². The largest absolute Gasteiger partial charge is 0.317 e. The van der Waals surface area contributed by atoms with Gasteiger partial charge in [0.05, 0.1) is 0 Å². The molecule has 8 heteroatoms. The summed E-state index contributed by atoms with van der Waals surface area (Å²) in [5.41, 5.74) is 2.66. The fourth-order valence-corrected chi connectivity index (χ4v) is 5.59. The average molecular weight is 484 g/mol. The third kappa shape index (κ3) is 4.81. The lowest BCUT2D eigenvalue weighted by atomic mass is 9.75. The molecule has 1 N–H and O–H groups in total. The molecule has 5 nitrogen and oxygen atoms in total. The van der Waals surface area contributed by atoms with E-state index >= 15 is 0 Å². The Morgan fingerprint density at radius 3 is 2.45 bits per heavy atom. The highest BCUT2D eigenvalue weighted by Gasteiger charge is 2.45. The van der Waals surface area contributed by atoms with Crippen LogP contribution in [-0.2, 0) is 10.2 Å². The van der Waals surface area contributed by atoms with Gasteiger partial charge in [-0.3, -0.25) is 4.79 Å². The normalized spacial score (nSPS) is 16.1. The molecule has 1 aromatic heterocycles. The second kappa shape index (κ2) is 10.0. The predicted octanol–water partition coefficient (Wildman–Crippen LogP) is 5.12. The third-order valence-corrected chi connectivity index (χ3v) is 7.32. The molecule has 5 rings (SSSR count). The van der Waals surface area contributed by atoms with Crippen molar-refractivity contribution in [3.63, 3.8) is 0 Å². The molecule has 2 aliphatic heterocycles. The summed E-state index contributed by atoms with van der Waals surface area (Å²) in [6.07, 6.45) is 3.52. The first-order chi connectivity index (χ1) is 16.0. The quantitative estimate of drug-likeness (QED) is 0.524. The van der Waals surface area contributed by atoms with E-state index in [1.54, 1.807) is 42.2 Å². The van der Waals surface area contributed by atoms with E-state index < -0.39 is 0 Å². The molecule has 170 valence electrons. The number of anilines is 1. The number of nitrogens with zero attached hydrogens (tertiary/aromatic N) is 2. The Bertz CT molecular complexity index is 1150. The molecule has 0 atom stereocenters. The number of aromatic nitrogens is 1. The second-order valence-electron chi connectivity index (χ2n) is 8.02. The Balaban J connectivity index is 0.00000126. The van der Waals surface area contributed by atoms with Crippen LogP contribution in [0.3, 0.4) is 0 Å². The molecule has 1 spiro atoms. The van der Waals surface area contributed by atoms with Crippen LogP contribution in [0.1, 0.15) is 28.8 Å². The number of amides is 1. The molecule has 1 fully saturated rings. The van der Waals surface area contributed by atoms with Crippen LogP contribution in [0.5, 0.6) is 0 Å². The number of benzene rings is 2. The highest BCUT2D eigenvalue weighted by atomic mass is 35.5. The van der Waals surface area contributed by atoms with Gasteiger partial charge >= 0.3 is 0 Å². The number of hydrogen-bond acceptors (Lipinski definition) is 5. The van der Waals surface area contributed by atoms with E-state index in [0.29, 0.717) is 17.3 Å². The van der Waals surface area contributed by atoms with Crippen molar-refractivity contribution in [2.75, 3.05) is 24.5 Å². The van der Waals surface area contributed by atoms with Crippen LogP contribution in [-0.4, -0.2) is 37.3 Å². The SMILES string of the molecule is C=O.O=C(c1ccnc(Cl)c1)N1CC2(CCNCC2)c2cc(Sc3ccc(F)cc3)ccc21. The Kier molecular flexibility index (Phi) is 7.12. The summed E-state index contributed by atoms with van der Waals surface area (Å²) in [7, 11) is 0. The van der Waals surface area contributed by atoms with Gasteiger partial charge in [-0.05, 0) is 86.1 Å². The summed E-state index contributed by atoms with van der Waals surface area (Å²) in [4.78, 5) is 29.3. The fourth-order valence-electron chi connectivity index (χ4n) is 4.56. The van der Waals surface area contributed by atoms with E-state index in [2.05, 4.69) is 16.4 Å². The van der Waals surface area contributed by atoms with Crippen molar-refractivity contribution in [1.82, 2.24) is 10.3 Å². The van der Waals surface area contributed by atoms with Crippen LogP contribution in [0.2, 0.25) is 5.15 Å². The number of nitrogens with one attached hydrogen (secondary N) is 1. The molecule has 0 unspecified atom stereocenters. The van der Waals surface area contributed by atoms with Crippen molar-refractivity contribution < 1.29 is 14.0 Å². The van der Waals surface area contributed by atoms with Gasteiger partial charge in [0.25, 0.3) is 5.91 Å². The summed E-state index contributed by atoms with van der Waals surface area (Å²) in [6, 6.07) is 16.1. The van der Waals surface area contributed by atoms with Crippen LogP contribution in [0.4, 0.5) is 10.1 Å². The number of carbonyl (C=O) groups excluding carboxylic acids is 2. The highest BCUT2D eigenvalue weighted by Crippen LogP contribution is 2.48. The van der Waals surface area contributed by atoms with E-state index in [0.717, 1.165) is 41.4 Å². The maximum absolute atomic E-state index is 13.4. The zero-order valence-electron chi connectivity index (χ0n) is 17.9. The van der Waals surface area contributed by atoms with Crippen LogP contribution in [0.15, 0.2) is 70.6 Å². The summed E-state index contributed by atoms with van der Waals surface area (Å²) < 4.78 is 13.3. The zero-order chi connectivity index (χ0) is 23.4. The summed E-state index contributed by atoms with van der Waals surface area (Å²) in [6.45, 7) is 4.52. The molecule has 3 heterocycles. The Morgan fingerprint density at radius 2 is 1.76 bits per heavy atom. The minimum atomic E-state index is -0.239. The lowest BCUT2D eigenvalue weighted by molar-refractivity contribution is -0.0980. The summed E-state index contributed by atoms with van der Waals surface area (Å²) >= 11 is 7.64. The Morgan fingerprint density at radius 1 is 1.06 bits per heavy atom. The monoisotopic (exact) mass is 483 g/mol. The molecule has 3 aromatic rings. The summed E-state index contributed by atoms with van der Waals surface area (Å²) in [5.74, 6) is -0.294. The molecule has 1 amide bonds. The van der Waals surface area contributed by atoms with Gasteiger partial charge in [0.15, 0.2) is 0 Å². The molecule has 33 heavy (non-hydrogen) atoms. The first-order valence-corrected chi connectivity index (χ1v) is 11.7. The van der Waals surface area contributed by atoms with Crippen LogP contribution in [0.25, 0.3) is 0 Å². The first kappa shape index (κ1) is 23.4. The lowest BCUT2D eigenvalue weighted by Crippen LogP contribution is -2.44. The predicted molar refractivity (Wildman–Crippen MR) is 129 cm³/mol. The van der Waals surface area contributed by atoms with Crippen LogP contribution < -0.4 is 10.2 Å². The molecule has 0 radical (unpaired) electrons. The Hall–Kier alpha value is -2.74. The standard InChI is InChI=1S/C24H21ClFN3OS.CH2O/c25-22-13-16(7-10-28-22)23(30)29-15-24(8-11-27-12-9-24)20-14-19(5-6-21(20)29)31-18-3-1-17(26)2-4-18;1-2/h1-7,10,13-14,27H,8-9,11-12,15H2;1H2. The summed E-state index contributed by atoms with van der Waals surface area (Å²) in [5, 5.41) is 3.75. The molecule has 2 aliphatic rings. The lowest BCUT2D eigenvalue weighted by Gasteiger charge is -2.34. The van der Waals surface area contributed by atoms with Gasteiger partial charge < -0.3 is 15.0 Å². The molecular weight excluding hydrogens is 461 g/mol. The second-order valence-corrected chi connectivity index (χ2v) is 9.56. The molecule has 0 bridgehead atoms. The molecular formula is C25H23ClFN3O2S. The van der Waals surface area contributed by atoms with E-state index in [1.165, 1.54) is 17.7 Å². The maximum atomic E-state index is 13.4. The number of pyridine rings is 1. The number of fused-ring (bicyclic) bond motifs is 2. The van der Waals surface area contributed by atoms with Crippen molar-refractivity contribution in [3.05, 3.63) is 82.9 Å². The highest BCUT2D eigenvalue weighted by molar-refractivity contribution is 7.99. The number of rotatable bonds is 3. The van der Waals surface area contributed by atoms with Gasteiger partial charge in [-0.1, -0.05) is 23.4 Å². The van der Waals surface area contributed by atoms with Gasteiger partial charge in [0.1, 0.15) is 17.8 Å². The van der Waals surface area contributed by atoms with Crippen LogP contribution in [0, 0.1) is 5.82 Å². The van der Waals surface area contributed by atoms with Crippen molar-refractivity contribution in [1.29, 1.82) is 0 Å². The minimum absolute atomic E-state index is 0.0557. The fraction of sp³-hybridized carbons (Fsp3) is 0.240. The van der Waals surface area contributed by atoms with Crippen molar-refractivity contribution in [3.8, 4) is 0 Å². The number of carbonyl (C=O) groups is 2. The molecule has 2 aromatic carbocycles. The third-order valence-electron chi connectivity index (χ3n) is 6.12. The van der Waals surface area contributed by atoms with Gasteiger partial charge in [-0.25, -0.2) is 9.37 Å². The van der Waals surface area contributed by atoms with Crippen molar-refractivity contribution in [2.24, 2.45) is 0 Å².